The van der Waals surface area contributed by atoms with Crippen molar-refractivity contribution in [1.82, 2.24) is 14.7 Å². The van der Waals surface area contributed by atoms with Crippen LogP contribution in [-0.2, 0) is 0 Å². The van der Waals surface area contributed by atoms with E-state index in [0.29, 0.717) is 12.2 Å². The number of amides is 2. The van der Waals surface area contributed by atoms with Gasteiger partial charge in [-0.25, -0.2) is 13.8 Å². The van der Waals surface area contributed by atoms with Gasteiger partial charge in [-0.3, -0.25) is 14.0 Å². The summed E-state index contributed by atoms with van der Waals surface area (Å²) in [6, 6.07) is 7.70. The van der Waals surface area contributed by atoms with Crippen LogP contribution < -0.4 is 10.6 Å². The molecule has 27 heavy (non-hydrogen) atoms. The summed E-state index contributed by atoms with van der Waals surface area (Å²) in [6.07, 6.45) is 3.35. The molecular formula is C19H18F2N4O2. The van der Waals surface area contributed by atoms with Gasteiger partial charge in [-0.15, -0.1) is 0 Å². The number of anilines is 1. The maximum Gasteiger partial charge on any atom is 0.272 e. The molecule has 2 amide bonds. The molecule has 0 spiro atoms. The molecule has 140 valence electrons. The highest BCUT2D eigenvalue weighted by Gasteiger charge is 2.22. The quantitative estimate of drug-likeness (QED) is 0.651. The van der Waals surface area contributed by atoms with Gasteiger partial charge in [0.15, 0.2) is 11.5 Å². The van der Waals surface area contributed by atoms with Crippen molar-refractivity contribution in [3.8, 4) is 0 Å². The van der Waals surface area contributed by atoms with Crippen LogP contribution in [0.2, 0.25) is 0 Å². The standard InChI is InChI=1S/C19H18F2N4O2/c1-2-3-9-22-19(27)16-17(23-15-6-4-5-10-25(15)16)24-18(26)13-11-12(20)7-8-14(13)21/h4-8,10-11H,2-3,9H2,1H3,(H,22,27)(H,24,26). The Morgan fingerprint density at radius 2 is 1.96 bits per heavy atom. The lowest BCUT2D eigenvalue weighted by molar-refractivity contribution is 0.0948. The summed E-state index contributed by atoms with van der Waals surface area (Å²) in [5.74, 6) is -2.94. The van der Waals surface area contributed by atoms with Crippen LogP contribution in [0, 0.1) is 11.6 Å². The molecule has 0 saturated heterocycles. The highest BCUT2D eigenvalue weighted by atomic mass is 19.1. The van der Waals surface area contributed by atoms with Crippen molar-refractivity contribution in [2.24, 2.45) is 0 Å². The first-order valence-electron chi connectivity index (χ1n) is 8.53. The van der Waals surface area contributed by atoms with E-state index in [2.05, 4.69) is 15.6 Å². The van der Waals surface area contributed by atoms with Crippen LogP contribution in [0.4, 0.5) is 14.6 Å². The Morgan fingerprint density at radius 1 is 1.15 bits per heavy atom. The Balaban J connectivity index is 1.96. The molecule has 0 bridgehead atoms. The first-order chi connectivity index (χ1) is 13.0. The first-order valence-corrected chi connectivity index (χ1v) is 8.53. The van der Waals surface area contributed by atoms with E-state index in [1.54, 1.807) is 24.4 Å². The molecule has 1 aromatic carbocycles. The van der Waals surface area contributed by atoms with Crippen LogP contribution in [0.3, 0.4) is 0 Å². The third kappa shape index (κ3) is 3.94. The molecule has 0 fully saturated rings. The van der Waals surface area contributed by atoms with Crippen molar-refractivity contribution < 1.29 is 18.4 Å². The fraction of sp³-hybridized carbons (Fsp3) is 0.211. The van der Waals surface area contributed by atoms with Gasteiger partial charge in [0.1, 0.15) is 17.3 Å². The SMILES string of the molecule is CCCCNC(=O)c1c(NC(=O)c2cc(F)ccc2F)nc2ccccn12. The smallest absolute Gasteiger partial charge is 0.272 e. The average molecular weight is 372 g/mol. The summed E-state index contributed by atoms with van der Waals surface area (Å²) < 4.78 is 28.7. The highest BCUT2D eigenvalue weighted by Crippen LogP contribution is 2.19. The van der Waals surface area contributed by atoms with Crippen LogP contribution in [-0.4, -0.2) is 27.7 Å². The van der Waals surface area contributed by atoms with E-state index < -0.39 is 29.0 Å². The molecule has 0 radical (unpaired) electrons. The van der Waals surface area contributed by atoms with Gasteiger partial charge in [0.2, 0.25) is 0 Å². The molecule has 0 unspecified atom stereocenters. The Morgan fingerprint density at radius 3 is 2.74 bits per heavy atom. The number of rotatable bonds is 6. The van der Waals surface area contributed by atoms with Crippen molar-refractivity contribution in [1.29, 1.82) is 0 Å². The van der Waals surface area contributed by atoms with Crippen molar-refractivity contribution in [3.05, 3.63) is 65.5 Å². The molecule has 3 rings (SSSR count). The van der Waals surface area contributed by atoms with E-state index in [1.165, 1.54) is 4.40 Å². The molecule has 2 heterocycles. The van der Waals surface area contributed by atoms with Gasteiger partial charge in [-0.1, -0.05) is 19.4 Å². The number of unbranched alkanes of at least 4 members (excludes halogenated alkanes) is 1. The van der Waals surface area contributed by atoms with Crippen LogP contribution in [0.15, 0.2) is 42.6 Å². The normalized spacial score (nSPS) is 10.8. The van der Waals surface area contributed by atoms with Crippen molar-refractivity contribution in [2.75, 3.05) is 11.9 Å². The largest absolute Gasteiger partial charge is 0.351 e. The molecule has 8 heteroatoms. The predicted octanol–water partition coefficient (Wildman–Crippen LogP) is 3.39. The fourth-order valence-electron chi connectivity index (χ4n) is 2.61. The summed E-state index contributed by atoms with van der Waals surface area (Å²) in [6.45, 7) is 2.47. The minimum absolute atomic E-state index is 0.0242. The van der Waals surface area contributed by atoms with E-state index in [-0.39, 0.29) is 11.5 Å². The number of hydrogen-bond acceptors (Lipinski definition) is 3. The van der Waals surface area contributed by atoms with Gasteiger partial charge < -0.3 is 10.6 Å². The molecule has 0 atom stereocenters. The van der Waals surface area contributed by atoms with Gasteiger partial charge in [-0.2, -0.15) is 0 Å². The monoisotopic (exact) mass is 372 g/mol. The lowest BCUT2D eigenvalue weighted by Gasteiger charge is -2.08. The number of aromatic nitrogens is 2. The van der Waals surface area contributed by atoms with E-state index in [1.807, 2.05) is 6.92 Å². The van der Waals surface area contributed by atoms with Crippen LogP contribution in [0.25, 0.3) is 5.65 Å². The number of pyridine rings is 1. The zero-order valence-corrected chi connectivity index (χ0v) is 14.6. The van der Waals surface area contributed by atoms with Gasteiger partial charge in [0, 0.05) is 12.7 Å². The topological polar surface area (TPSA) is 75.5 Å². The molecule has 2 N–H and O–H groups in total. The van der Waals surface area contributed by atoms with Gasteiger partial charge in [0.05, 0.1) is 5.56 Å². The minimum atomic E-state index is -0.891. The summed E-state index contributed by atoms with van der Waals surface area (Å²) in [5, 5.41) is 5.18. The number of imidazole rings is 1. The van der Waals surface area contributed by atoms with Crippen molar-refractivity contribution in [3.63, 3.8) is 0 Å². The number of hydrogen-bond donors (Lipinski definition) is 2. The van der Waals surface area contributed by atoms with Gasteiger partial charge >= 0.3 is 0 Å². The van der Waals surface area contributed by atoms with E-state index in [0.717, 1.165) is 31.0 Å². The molecule has 2 aromatic heterocycles. The zero-order chi connectivity index (χ0) is 19.4. The number of carbonyl (C=O) groups excluding carboxylic acids is 2. The number of benzene rings is 1. The molecule has 6 nitrogen and oxygen atoms in total. The summed E-state index contributed by atoms with van der Waals surface area (Å²) >= 11 is 0. The summed E-state index contributed by atoms with van der Waals surface area (Å²) in [5.41, 5.74) is 0.0874. The highest BCUT2D eigenvalue weighted by molar-refractivity contribution is 6.08. The number of carbonyl (C=O) groups is 2. The number of halogens is 2. The Bertz CT molecular complexity index is 1000. The lowest BCUT2D eigenvalue weighted by Crippen LogP contribution is -2.27. The molecule has 3 aromatic rings. The van der Waals surface area contributed by atoms with Crippen molar-refractivity contribution >= 4 is 23.3 Å². The second-order valence-electron chi connectivity index (χ2n) is 5.93. The molecule has 0 aliphatic rings. The third-order valence-corrected chi connectivity index (χ3v) is 3.97. The maximum absolute atomic E-state index is 13.9. The van der Waals surface area contributed by atoms with Crippen LogP contribution in [0.5, 0.6) is 0 Å². The molecule has 0 aliphatic heterocycles. The second-order valence-corrected chi connectivity index (χ2v) is 5.93. The maximum atomic E-state index is 13.9. The van der Waals surface area contributed by atoms with Crippen LogP contribution in [0.1, 0.15) is 40.6 Å². The molecular weight excluding hydrogens is 354 g/mol. The number of nitrogens with one attached hydrogen (secondary N) is 2. The second kappa shape index (κ2) is 7.94. The van der Waals surface area contributed by atoms with Crippen LogP contribution >= 0.6 is 0 Å². The lowest BCUT2D eigenvalue weighted by atomic mass is 10.2. The predicted molar refractivity (Wildman–Crippen MR) is 96.7 cm³/mol. The third-order valence-electron chi connectivity index (χ3n) is 3.97. The number of nitrogens with zero attached hydrogens (tertiary/aromatic N) is 2. The average Bonchev–Trinajstić information content (AvgIpc) is 3.01. The Hall–Kier alpha value is -3.29. The van der Waals surface area contributed by atoms with Gasteiger partial charge in [-0.05, 0) is 36.8 Å². The summed E-state index contributed by atoms with van der Waals surface area (Å²) in [4.78, 5) is 29.2. The van der Waals surface area contributed by atoms with E-state index >= 15 is 0 Å². The van der Waals surface area contributed by atoms with E-state index in [4.69, 9.17) is 0 Å². The molecule has 0 saturated carbocycles. The zero-order valence-electron chi connectivity index (χ0n) is 14.6. The number of fused-ring (bicyclic) bond motifs is 1. The molecule has 0 aliphatic carbocycles. The van der Waals surface area contributed by atoms with E-state index in [9.17, 15) is 18.4 Å². The Labute approximate surface area is 154 Å². The van der Waals surface area contributed by atoms with Gasteiger partial charge in [0.25, 0.3) is 11.8 Å². The Kier molecular flexibility index (Phi) is 5.44. The van der Waals surface area contributed by atoms with Crippen molar-refractivity contribution in [2.45, 2.75) is 19.8 Å². The fourth-order valence-corrected chi connectivity index (χ4v) is 2.61. The first kappa shape index (κ1) is 18.5. The minimum Gasteiger partial charge on any atom is -0.351 e. The summed E-state index contributed by atoms with van der Waals surface area (Å²) in [7, 11) is 0.